The van der Waals surface area contributed by atoms with E-state index < -0.39 is 0 Å². The van der Waals surface area contributed by atoms with E-state index in [-0.39, 0.29) is 11.8 Å². The molecule has 5 nitrogen and oxygen atoms in total. The van der Waals surface area contributed by atoms with E-state index in [2.05, 4.69) is 15.5 Å². The molecule has 2 aliphatic heterocycles. The van der Waals surface area contributed by atoms with E-state index >= 15 is 0 Å². The maximum atomic E-state index is 11.2. The van der Waals surface area contributed by atoms with Gasteiger partial charge in [0.25, 0.3) is 11.8 Å². The molecule has 2 N–H and O–H groups in total. The number of hydrogen-bond donors (Lipinski definition) is 2. The Kier molecular flexibility index (Phi) is 3.13. The van der Waals surface area contributed by atoms with Gasteiger partial charge in [-0.15, -0.1) is 0 Å². The van der Waals surface area contributed by atoms with E-state index in [4.69, 9.17) is 0 Å². The first-order valence-corrected chi connectivity index (χ1v) is 5.24. The van der Waals surface area contributed by atoms with Gasteiger partial charge in [-0.3, -0.25) is 14.9 Å². The summed E-state index contributed by atoms with van der Waals surface area (Å²) in [5, 5.41) is 5.52. The number of nitrogens with zero attached hydrogens (tertiary/aromatic N) is 1. The molecular weight excluding hydrogens is 194 g/mol. The van der Waals surface area contributed by atoms with E-state index in [0.717, 1.165) is 32.7 Å². The van der Waals surface area contributed by atoms with Gasteiger partial charge < -0.3 is 10.2 Å². The van der Waals surface area contributed by atoms with Gasteiger partial charge in [0, 0.05) is 44.4 Å². The van der Waals surface area contributed by atoms with E-state index in [9.17, 15) is 9.59 Å². The number of carbonyl (C=O) groups excluding carboxylic acids is 2. The summed E-state index contributed by atoms with van der Waals surface area (Å²) in [4.78, 5) is 24.4. The molecule has 0 aromatic rings. The topological polar surface area (TPSA) is 61.4 Å². The minimum absolute atomic E-state index is 0.227. The van der Waals surface area contributed by atoms with Crippen LogP contribution in [0.25, 0.3) is 0 Å². The van der Waals surface area contributed by atoms with Crippen LogP contribution in [-0.2, 0) is 9.59 Å². The second kappa shape index (κ2) is 4.55. The van der Waals surface area contributed by atoms with Gasteiger partial charge in [0.2, 0.25) is 0 Å². The van der Waals surface area contributed by atoms with Crippen LogP contribution in [0.2, 0.25) is 0 Å². The van der Waals surface area contributed by atoms with Crippen molar-refractivity contribution in [2.45, 2.75) is 6.42 Å². The second-order valence-corrected chi connectivity index (χ2v) is 3.83. The predicted octanol–water partition coefficient (Wildman–Crippen LogP) is -1.14. The minimum Gasteiger partial charge on any atom is -0.314 e. The quantitative estimate of drug-likeness (QED) is 0.577. The molecule has 1 fully saturated rings. The Morgan fingerprint density at radius 2 is 2.00 bits per heavy atom. The number of hydrogen-bond acceptors (Lipinski definition) is 4. The molecule has 1 saturated heterocycles. The summed E-state index contributed by atoms with van der Waals surface area (Å²) in [6.45, 7) is 4.90. The third kappa shape index (κ3) is 2.64. The van der Waals surface area contributed by atoms with Gasteiger partial charge in [-0.1, -0.05) is 0 Å². The van der Waals surface area contributed by atoms with Gasteiger partial charge in [0.15, 0.2) is 0 Å². The fourth-order valence-electron chi connectivity index (χ4n) is 1.85. The molecule has 2 aliphatic rings. The average Bonchev–Trinajstić information content (AvgIpc) is 2.56. The van der Waals surface area contributed by atoms with Gasteiger partial charge in [0.1, 0.15) is 0 Å². The molecule has 0 atom stereocenters. The SMILES string of the molecule is O=C1C=C(CCN2CCNCC2)C(=O)N1. The van der Waals surface area contributed by atoms with Crippen LogP contribution < -0.4 is 10.6 Å². The largest absolute Gasteiger partial charge is 0.314 e. The third-order valence-corrected chi connectivity index (χ3v) is 2.74. The Hall–Kier alpha value is -1.20. The summed E-state index contributed by atoms with van der Waals surface area (Å²) < 4.78 is 0. The summed E-state index contributed by atoms with van der Waals surface area (Å²) in [7, 11) is 0. The van der Waals surface area contributed by atoms with Crippen LogP contribution in [0.15, 0.2) is 11.6 Å². The summed E-state index contributed by atoms with van der Waals surface area (Å²) in [6, 6.07) is 0. The molecule has 82 valence electrons. The Bertz CT molecular complexity index is 306. The molecule has 0 bridgehead atoms. The van der Waals surface area contributed by atoms with Crippen LogP contribution in [0.5, 0.6) is 0 Å². The maximum absolute atomic E-state index is 11.2. The Balaban J connectivity index is 1.80. The molecule has 2 heterocycles. The van der Waals surface area contributed by atoms with Crippen LogP contribution >= 0.6 is 0 Å². The van der Waals surface area contributed by atoms with Crippen molar-refractivity contribution < 1.29 is 9.59 Å². The van der Waals surface area contributed by atoms with Crippen molar-refractivity contribution in [1.29, 1.82) is 0 Å². The minimum atomic E-state index is -0.282. The van der Waals surface area contributed by atoms with Crippen molar-refractivity contribution >= 4 is 11.8 Å². The monoisotopic (exact) mass is 209 g/mol. The first kappa shape index (κ1) is 10.3. The van der Waals surface area contributed by atoms with Crippen molar-refractivity contribution in [2.24, 2.45) is 0 Å². The normalized spacial score (nSPS) is 22.8. The zero-order valence-corrected chi connectivity index (χ0v) is 8.58. The molecule has 0 spiro atoms. The van der Waals surface area contributed by atoms with E-state index in [1.165, 1.54) is 6.08 Å². The molecule has 0 aromatic carbocycles. The van der Waals surface area contributed by atoms with E-state index in [1.54, 1.807) is 0 Å². The fourth-order valence-corrected chi connectivity index (χ4v) is 1.85. The summed E-state index contributed by atoms with van der Waals surface area (Å²) >= 11 is 0. The van der Waals surface area contributed by atoms with Crippen molar-refractivity contribution in [1.82, 2.24) is 15.5 Å². The molecule has 0 unspecified atom stereocenters. The highest BCUT2D eigenvalue weighted by molar-refractivity contribution is 6.16. The molecular formula is C10H15N3O2. The summed E-state index contributed by atoms with van der Waals surface area (Å²) in [5.41, 5.74) is 0.610. The third-order valence-electron chi connectivity index (χ3n) is 2.74. The zero-order chi connectivity index (χ0) is 10.7. The molecule has 2 amide bonds. The van der Waals surface area contributed by atoms with Gasteiger partial charge in [0.05, 0.1) is 0 Å². The van der Waals surface area contributed by atoms with Crippen molar-refractivity contribution in [3.63, 3.8) is 0 Å². The number of carbonyl (C=O) groups is 2. The smallest absolute Gasteiger partial charge is 0.254 e. The number of piperazine rings is 1. The number of rotatable bonds is 3. The maximum Gasteiger partial charge on any atom is 0.254 e. The Morgan fingerprint density at radius 3 is 2.60 bits per heavy atom. The summed E-state index contributed by atoms with van der Waals surface area (Å²) in [6.07, 6.45) is 2.07. The molecule has 0 aliphatic carbocycles. The Labute approximate surface area is 88.5 Å². The lowest BCUT2D eigenvalue weighted by molar-refractivity contribution is -0.123. The fraction of sp³-hybridized carbons (Fsp3) is 0.600. The molecule has 15 heavy (non-hydrogen) atoms. The van der Waals surface area contributed by atoms with Crippen LogP contribution in [0.4, 0.5) is 0 Å². The number of nitrogens with one attached hydrogen (secondary N) is 2. The first-order chi connectivity index (χ1) is 7.25. The van der Waals surface area contributed by atoms with Crippen LogP contribution in [-0.4, -0.2) is 49.4 Å². The van der Waals surface area contributed by atoms with Gasteiger partial charge >= 0.3 is 0 Å². The zero-order valence-electron chi connectivity index (χ0n) is 8.58. The van der Waals surface area contributed by atoms with E-state index in [0.29, 0.717) is 12.0 Å². The number of amides is 2. The van der Waals surface area contributed by atoms with Gasteiger partial charge in [-0.25, -0.2) is 0 Å². The highest BCUT2D eigenvalue weighted by Gasteiger charge is 2.21. The lowest BCUT2D eigenvalue weighted by Crippen LogP contribution is -2.43. The first-order valence-electron chi connectivity index (χ1n) is 5.24. The number of imide groups is 1. The molecule has 0 saturated carbocycles. The van der Waals surface area contributed by atoms with Crippen molar-refractivity contribution in [3.05, 3.63) is 11.6 Å². The molecule has 0 aromatic heterocycles. The molecule has 2 rings (SSSR count). The van der Waals surface area contributed by atoms with Crippen molar-refractivity contribution in [3.8, 4) is 0 Å². The molecule has 0 radical (unpaired) electrons. The Morgan fingerprint density at radius 1 is 1.27 bits per heavy atom. The summed E-state index contributed by atoms with van der Waals surface area (Å²) in [5.74, 6) is -0.509. The highest BCUT2D eigenvalue weighted by atomic mass is 16.2. The highest BCUT2D eigenvalue weighted by Crippen LogP contribution is 2.08. The molecule has 5 heteroatoms. The van der Waals surface area contributed by atoms with Crippen LogP contribution in [0.1, 0.15) is 6.42 Å². The predicted molar refractivity (Wildman–Crippen MR) is 55.2 cm³/mol. The second-order valence-electron chi connectivity index (χ2n) is 3.83. The van der Waals surface area contributed by atoms with Gasteiger partial charge in [-0.05, 0) is 6.42 Å². The average molecular weight is 209 g/mol. The van der Waals surface area contributed by atoms with E-state index in [1.807, 2.05) is 0 Å². The standard InChI is InChI=1S/C10H15N3O2/c14-9-7-8(10(15)12-9)1-4-13-5-2-11-3-6-13/h7,11H,1-6H2,(H,12,14,15). The van der Waals surface area contributed by atoms with Crippen molar-refractivity contribution in [2.75, 3.05) is 32.7 Å². The van der Waals surface area contributed by atoms with Gasteiger partial charge in [-0.2, -0.15) is 0 Å². The van der Waals surface area contributed by atoms with Crippen LogP contribution in [0.3, 0.4) is 0 Å². The lowest BCUT2D eigenvalue weighted by atomic mass is 10.2. The van der Waals surface area contributed by atoms with Crippen LogP contribution in [0, 0.1) is 0 Å². The lowest BCUT2D eigenvalue weighted by Gasteiger charge is -2.26.